The van der Waals surface area contributed by atoms with E-state index in [-0.39, 0.29) is 0 Å². The Balaban J connectivity index is 3.30. The highest BCUT2D eigenvalue weighted by atomic mass is 16.5. The highest BCUT2D eigenvalue weighted by molar-refractivity contribution is 5.44. The lowest BCUT2D eigenvalue weighted by Crippen LogP contribution is -2.24. The van der Waals surface area contributed by atoms with Gasteiger partial charge in [-0.25, -0.2) is 9.97 Å². The van der Waals surface area contributed by atoms with Crippen LogP contribution in [-0.4, -0.2) is 17.1 Å². The van der Waals surface area contributed by atoms with Gasteiger partial charge < -0.3 is 10.5 Å². The Morgan fingerprint density at radius 1 is 1.25 bits per heavy atom. The SMILES string of the molecule is COC(C)(C)c1nc(C)c(C(C)C)c(N)n1. The highest BCUT2D eigenvalue weighted by Gasteiger charge is 2.25. The zero-order valence-electron chi connectivity index (χ0n) is 11.0. The summed E-state index contributed by atoms with van der Waals surface area (Å²) in [7, 11) is 1.64. The number of anilines is 1. The molecule has 0 amide bonds. The summed E-state index contributed by atoms with van der Waals surface area (Å²) in [6.45, 7) is 9.99. The minimum absolute atomic E-state index is 0.333. The molecule has 0 fully saturated rings. The molecule has 1 aromatic heterocycles. The first-order chi connectivity index (χ1) is 7.29. The Bertz CT molecular complexity index is 363. The summed E-state index contributed by atoms with van der Waals surface area (Å²) in [6, 6.07) is 0. The normalized spacial score (nSPS) is 12.2. The van der Waals surface area contributed by atoms with Crippen molar-refractivity contribution in [3.8, 4) is 0 Å². The minimum Gasteiger partial charge on any atom is -0.383 e. The lowest BCUT2D eigenvalue weighted by Gasteiger charge is -2.23. The molecule has 1 heterocycles. The number of methoxy groups -OCH3 is 1. The number of hydrogen-bond donors (Lipinski definition) is 1. The van der Waals surface area contributed by atoms with Crippen molar-refractivity contribution in [1.29, 1.82) is 0 Å². The summed E-state index contributed by atoms with van der Waals surface area (Å²) in [6.07, 6.45) is 0. The van der Waals surface area contributed by atoms with Crippen LogP contribution >= 0.6 is 0 Å². The molecule has 0 atom stereocenters. The number of aromatic nitrogens is 2. The van der Waals surface area contributed by atoms with Gasteiger partial charge >= 0.3 is 0 Å². The molecule has 0 spiro atoms. The van der Waals surface area contributed by atoms with Crippen molar-refractivity contribution in [3.05, 3.63) is 17.1 Å². The number of nitrogen functional groups attached to an aromatic ring is 1. The van der Waals surface area contributed by atoms with Crippen LogP contribution < -0.4 is 5.73 Å². The van der Waals surface area contributed by atoms with E-state index < -0.39 is 5.60 Å². The van der Waals surface area contributed by atoms with E-state index in [2.05, 4.69) is 23.8 Å². The molecular weight excluding hydrogens is 202 g/mol. The Morgan fingerprint density at radius 3 is 2.19 bits per heavy atom. The monoisotopic (exact) mass is 223 g/mol. The van der Waals surface area contributed by atoms with Crippen LogP contribution in [0.1, 0.15) is 50.7 Å². The molecule has 90 valence electrons. The fourth-order valence-corrected chi connectivity index (χ4v) is 1.68. The number of aryl methyl sites for hydroxylation is 1. The summed E-state index contributed by atoms with van der Waals surface area (Å²) >= 11 is 0. The molecule has 1 rings (SSSR count). The third-order valence-electron chi connectivity index (χ3n) is 2.79. The maximum absolute atomic E-state index is 5.97. The number of ether oxygens (including phenoxy) is 1. The third kappa shape index (κ3) is 2.32. The Kier molecular flexibility index (Phi) is 3.53. The maximum Gasteiger partial charge on any atom is 0.162 e. The van der Waals surface area contributed by atoms with E-state index in [1.807, 2.05) is 20.8 Å². The van der Waals surface area contributed by atoms with Crippen LogP contribution in [0.4, 0.5) is 5.82 Å². The zero-order chi connectivity index (χ0) is 12.5. The second-order valence-electron chi connectivity index (χ2n) is 4.80. The van der Waals surface area contributed by atoms with Gasteiger partial charge in [0.1, 0.15) is 11.4 Å². The molecule has 4 nitrogen and oxygen atoms in total. The van der Waals surface area contributed by atoms with Crippen molar-refractivity contribution in [2.24, 2.45) is 0 Å². The van der Waals surface area contributed by atoms with Crippen LogP contribution in [0.2, 0.25) is 0 Å². The maximum atomic E-state index is 5.97. The van der Waals surface area contributed by atoms with Crippen LogP contribution in [0.3, 0.4) is 0 Å². The second kappa shape index (κ2) is 4.37. The van der Waals surface area contributed by atoms with E-state index in [1.54, 1.807) is 7.11 Å². The predicted octanol–water partition coefficient (Wildman–Crippen LogP) is 2.37. The van der Waals surface area contributed by atoms with Gasteiger partial charge in [0.2, 0.25) is 0 Å². The molecule has 16 heavy (non-hydrogen) atoms. The summed E-state index contributed by atoms with van der Waals surface area (Å²) < 4.78 is 5.35. The topological polar surface area (TPSA) is 61.0 Å². The Morgan fingerprint density at radius 2 is 1.81 bits per heavy atom. The number of nitrogens with two attached hydrogens (primary N) is 1. The first-order valence-corrected chi connectivity index (χ1v) is 5.49. The summed E-state index contributed by atoms with van der Waals surface area (Å²) in [5.74, 6) is 1.52. The van der Waals surface area contributed by atoms with Gasteiger partial charge in [-0.3, -0.25) is 0 Å². The quantitative estimate of drug-likeness (QED) is 0.854. The predicted molar refractivity (Wildman–Crippen MR) is 65.3 cm³/mol. The molecule has 0 aliphatic carbocycles. The van der Waals surface area contributed by atoms with Gasteiger partial charge in [0.25, 0.3) is 0 Å². The van der Waals surface area contributed by atoms with Crippen LogP contribution in [0.5, 0.6) is 0 Å². The lowest BCUT2D eigenvalue weighted by molar-refractivity contribution is 0.0114. The van der Waals surface area contributed by atoms with Crippen LogP contribution in [-0.2, 0) is 10.3 Å². The van der Waals surface area contributed by atoms with Crippen LogP contribution in [0, 0.1) is 6.92 Å². The van der Waals surface area contributed by atoms with E-state index >= 15 is 0 Å². The molecule has 1 aromatic rings. The van der Waals surface area contributed by atoms with E-state index in [4.69, 9.17) is 10.5 Å². The molecule has 0 unspecified atom stereocenters. The van der Waals surface area contributed by atoms with Gasteiger partial charge in [-0.2, -0.15) is 0 Å². The second-order valence-corrected chi connectivity index (χ2v) is 4.80. The average Bonchev–Trinajstić information content (AvgIpc) is 2.15. The first-order valence-electron chi connectivity index (χ1n) is 5.49. The van der Waals surface area contributed by atoms with Gasteiger partial charge in [-0.15, -0.1) is 0 Å². The Labute approximate surface area is 97.2 Å². The van der Waals surface area contributed by atoms with E-state index in [0.717, 1.165) is 11.3 Å². The number of hydrogen-bond acceptors (Lipinski definition) is 4. The smallest absolute Gasteiger partial charge is 0.162 e. The van der Waals surface area contributed by atoms with Crippen molar-refractivity contribution >= 4 is 5.82 Å². The van der Waals surface area contributed by atoms with Gasteiger partial charge in [-0.05, 0) is 26.7 Å². The van der Waals surface area contributed by atoms with E-state index in [9.17, 15) is 0 Å². The fourth-order valence-electron chi connectivity index (χ4n) is 1.68. The molecule has 0 radical (unpaired) electrons. The van der Waals surface area contributed by atoms with Gasteiger partial charge in [0.15, 0.2) is 5.82 Å². The standard InChI is InChI=1S/C12H21N3O/c1-7(2)9-8(3)14-11(15-10(9)13)12(4,5)16-6/h7H,1-6H3,(H2,13,14,15). The minimum atomic E-state index is -0.506. The molecular formula is C12H21N3O. The first kappa shape index (κ1) is 12.9. The molecule has 0 aliphatic heterocycles. The largest absolute Gasteiger partial charge is 0.383 e. The molecule has 0 saturated heterocycles. The summed E-state index contributed by atoms with van der Waals surface area (Å²) in [5, 5.41) is 0. The molecule has 4 heteroatoms. The molecule has 0 aliphatic rings. The van der Waals surface area contributed by atoms with Gasteiger partial charge in [0.05, 0.1) is 0 Å². The van der Waals surface area contributed by atoms with Crippen molar-refractivity contribution < 1.29 is 4.74 Å². The van der Waals surface area contributed by atoms with Crippen molar-refractivity contribution in [1.82, 2.24) is 9.97 Å². The highest BCUT2D eigenvalue weighted by Crippen LogP contribution is 2.27. The van der Waals surface area contributed by atoms with Crippen LogP contribution in [0.25, 0.3) is 0 Å². The summed E-state index contributed by atoms with van der Waals surface area (Å²) in [5.41, 5.74) is 7.42. The number of rotatable bonds is 3. The Hall–Kier alpha value is -1.16. The lowest BCUT2D eigenvalue weighted by atomic mass is 10.0. The van der Waals surface area contributed by atoms with Gasteiger partial charge in [0, 0.05) is 18.4 Å². The molecule has 0 aromatic carbocycles. The van der Waals surface area contributed by atoms with Crippen LogP contribution in [0.15, 0.2) is 0 Å². The average molecular weight is 223 g/mol. The molecule has 2 N–H and O–H groups in total. The molecule has 0 bridgehead atoms. The third-order valence-corrected chi connectivity index (χ3v) is 2.79. The van der Waals surface area contributed by atoms with Crippen molar-refractivity contribution in [2.45, 2.75) is 46.1 Å². The fraction of sp³-hybridized carbons (Fsp3) is 0.667. The molecule has 0 saturated carbocycles. The number of nitrogens with zero attached hydrogens (tertiary/aromatic N) is 2. The van der Waals surface area contributed by atoms with E-state index in [0.29, 0.717) is 17.6 Å². The summed E-state index contributed by atoms with van der Waals surface area (Å²) in [4.78, 5) is 8.82. The van der Waals surface area contributed by atoms with Gasteiger partial charge in [-0.1, -0.05) is 13.8 Å². The zero-order valence-corrected chi connectivity index (χ0v) is 11.0. The van der Waals surface area contributed by atoms with E-state index in [1.165, 1.54) is 0 Å². The van der Waals surface area contributed by atoms with Crippen molar-refractivity contribution in [3.63, 3.8) is 0 Å². The van der Waals surface area contributed by atoms with Crippen molar-refractivity contribution in [2.75, 3.05) is 12.8 Å².